The predicted octanol–water partition coefficient (Wildman–Crippen LogP) is 5.19. The molecule has 0 aromatic heterocycles. The molecule has 2 rings (SSSR count). The summed E-state index contributed by atoms with van der Waals surface area (Å²) in [4.78, 5) is 0. The Balaban J connectivity index is 2.62. The Morgan fingerprint density at radius 3 is 2.29 bits per heavy atom. The number of rotatable bonds is 2. The minimum Gasteiger partial charge on any atom is -0.0616 e. The first-order valence-electron chi connectivity index (χ1n) is 6.31. The fraction of sp³-hybridized carbons (Fsp3) is 0.353. The third kappa shape index (κ3) is 2.36. The van der Waals surface area contributed by atoms with Gasteiger partial charge in [0, 0.05) is 0 Å². The van der Waals surface area contributed by atoms with Crippen molar-refractivity contribution in [2.75, 3.05) is 0 Å². The van der Waals surface area contributed by atoms with Crippen LogP contribution in [0.3, 0.4) is 0 Å². The zero-order chi connectivity index (χ0) is 12.5. The molecule has 0 N–H and O–H groups in total. The topological polar surface area (TPSA) is 0 Å². The van der Waals surface area contributed by atoms with Crippen LogP contribution in [0, 0.1) is 12.3 Å². The molecule has 0 aliphatic heterocycles. The van der Waals surface area contributed by atoms with E-state index >= 15 is 0 Å². The Labute approximate surface area is 105 Å². The molecule has 0 bridgehead atoms. The summed E-state index contributed by atoms with van der Waals surface area (Å²) in [5.41, 5.74) is 1.69. The molecular formula is C17H21. The summed E-state index contributed by atoms with van der Waals surface area (Å²) in [7, 11) is 0. The summed E-state index contributed by atoms with van der Waals surface area (Å²) in [6.45, 7) is 11.0. The normalized spacial score (nSPS) is 13.9. The Kier molecular flexibility index (Phi) is 3.24. The Bertz CT molecular complexity index is 497. The summed E-state index contributed by atoms with van der Waals surface area (Å²) in [6, 6.07) is 15.2. The van der Waals surface area contributed by atoms with Gasteiger partial charge in [-0.15, -0.1) is 0 Å². The van der Waals surface area contributed by atoms with Crippen molar-refractivity contribution in [3.8, 4) is 0 Å². The van der Waals surface area contributed by atoms with Gasteiger partial charge in [0.1, 0.15) is 0 Å². The third-order valence-corrected chi connectivity index (χ3v) is 3.53. The third-order valence-electron chi connectivity index (χ3n) is 3.53. The molecule has 17 heavy (non-hydrogen) atoms. The van der Waals surface area contributed by atoms with E-state index in [-0.39, 0.29) is 5.41 Å². The van der Waals surface area contributed by atoms with Gasteiger partial charge in [0.2, 0.25) is 0 Å². The van der Waals surface area contributed by atoms with Crippen LogP contribution >= 0.6 is 0 Å². The fourth-order valence-electron chi connectivity index (χ4n) is 2.61. The lowest BCUT2D eigenvalue weighted by atomic mass is 9.74. The van der Waals surface area contributed by atoms with Gasteiger partial charge in [0.25, 0.3) is 0 Å². The zero-order valence-corrected chi connectivity index (χ0v) is 11.0. The van der Waals surface area contributed by atoms with Crippen molar-refractivity contribution in [3.63, 3.8) is 0 Å². The van der Waals surface area contributed by atoms with Gasteiger partial charge < -0.3 is 0 Å². The van der Waals surface area contributed by atoms with Crippen LogP contribution in [0.15, 0.2) is 42.5 Å². The van der Waals surface area contributed by atoms with Gasteiger partial charge in [0.15, 0.2) is 0 Å². The molecule has 2 aromatic carbocycles. The molecule has 0 spiro atoms. The lowest BCUT2D eigenvalue weighted by molar-refractivity contribution is 0.322. The van der Waals surface area contributed by atoms with E-state index in [9.17, 15) is 0 Å². The van der Waals surface area contributed by atoms with Crippen molar-refractivity contribution in [2.24, 2.45) is 5.41 Å². The number of benzene rings is 2. The van der Waals surface area contributed by atoms with E-state index in [0.717, 1.165) is 6.42 Å². The van der Waals surface area contributed by atoms with Gasteiger partial charge in [-0.25, -0.2) is 0 Å². The number of hydrogen-bond acceptors (Lipinski definition) is 0. The van der Waals surface area contributed by atoms with Crippen LogP contribution in [0.4, 0.5) is 0 Å². The quantitative estimate of drug-likeness (QED) is 0.659. The lowest BCUT2D eigenvalue weighted by Gasteiger charge is -2.31. The van der Waals surface area contributed by atoms with E-state index in [1.807, 2.05) is 0 Å². The molecule has 0 fully saturated rings. The van der Waals surface area contributed by atoms with Gasteiger partial charge in [-0.1, -0.05) is 70.2 Å². The van der Waals surface area contributed by atoms with Gasteiger partial charge in [-0.05, 0) is 34.1 Å². The average Bonchev–Trinajstić information content (AvgIpc) is 2.28. The summed E-state index contributed by atoms with van der Waals surface area (Å²) in [5, 5.41) is 2.70. The minimum atomic E-state index is 0.256. The maximum atomic E-state index is 4.14. The molecule has 0 saturated carbocycles. The van der Waals surface area contributed by atoms with Crippen molar-refractivity contribution in [1.29, 1.82) is 0 Å². The van der Waals surface area contributed by atoms with Crippen LogP contribution in [0.2, 0.25) is 0 Å². The van der Waals surface area contributed by atoms with E-state index in [1.165, 1.54) is 16.3 Å². The largest absolute Gasteiger partial charge is 0.0616 e. The highest BCUT2D eigenvalue weighted by molar-refractivity contribution is 5.86. The first kappa shape index (κ1) is 12.2. The van der Waals surface area contributed by atoms with E-state index in [4.69, 9.17) is 0 Å². The maximum Gasteiger partial charge on any atom is -0.0107 e. The van der Waals surface area contributed by atoms with Crippen molar-refractivity contribution >= 4 is 10.8 Å². The molecule has 1 unspecified atom stereocenters. The molecule has 0 saturated heterocycles. The Hall–Kier alpha value is -1.30. The van der Waals surface area contributed by atoms with E-state index in [0.29, 0.717) is 5.92 Å². The lowest BCUT2D eigenvalue weighted by Crippen LogP contribution is -2.18. The van der Waals surface area contributed by atoms with Gasteiger partial charge >= 0.3 is 0 Å². The van der Waals surface area contributed by atoms with Crippen LogP contribution in [-0.4, -0.2) is 0 Å². The van der Waals surface area contributed by atoms with Crippen molar-refractivity contribution < 1.29 is 0 Å². The molecule has 1 radical (unpaired) electrons. The Morgan fingerprint density at radius 2 is 1.65 bits per heavy atom. The summed E-state index contributed by atoms with van der Waals surface area (Å²) < 4.78 is 0. The van der Waals surface area contributed by atoms with Gasteiger partial charge in [-0.2, -0.15) is 0 Å². The van der Waals surface area contributed by atoms with Crippen LogP contribution in [0.1, 0.15) is 38.7 Å². The zero-order valence-electron chi connectivity index (χ0n) is 11.0. The number of fused-ring (bicyclic) bond motifs is 1. The highest BCUT2D eigenvalue weighted by Crippen LogP contribution is 2.40. The molecule has 0 nitrogen and oxygen atoms in total. The second-order valence-corrected chi connectivity index (χ2v) is 5.78. The Morgan fingerprint density at radius 1 is 1.00 bits per heavy atom. The SMILES string of the molecule is [CH2]CC(c1cccc2ccccc12)C(C)(C)C. The van der Waals surface area contributed by atoms with Crippen molar-refractivity contribution in [2.45, 2.75) is 33.1 Å². The molecule has 1 atom stereocenters. The second kappa shape index (κ2) is 4.52. The first-order valence-corrected chi connectivity index (χ1v) is 6.31. The monoisotopic (exact) mass is 225 g/mol. The van der Waals surface area contributed by atoms with Crippen LogP contribution in [0.5, 0.6) is 0 Å². The molecule has 0 aliphatic rings. The second-order valence-electron chi connectivity index (χ2n) is 5.78. The van der Waals surface area contributed by atoms with Crippen molar-refractivity contribution in [1.82, 2.24) is 0 Å². The van der Waals surface area contributed by atoms with E-state index in [1.54, 1.807) is 0 Å². The summed E-state index contributed by atoms with van der Waals surface area (Å²) in [6.07, 6.45) is 0.942. The van der Waals surface area contributed by atoms with Crippen LogP contribution < -0.4 is 0 Å². The van der Waals surface area contributed by atoms with Crippen LogP contribution in [0.25, 0.3) is 10.8 Å². The molecular weight excluding hydrogens is 204 g/mol. The van der Waals surface area contributed by atoms with Gasteiger partial charge in [-0.3, -0.25) is 0 Å². The molecule has 89 valence electrons. The van der Waals surface area contributed by atoms with Crippen molar-refractivity contribution in [3.05, 3.63) is 55.0 Å². The summed E-state index contributed by atoms with van der Waals surface area (Å²) >= 11 is 0. The summed E-state index contributed by atoms with van der Waals surface area (Å²) in [5.74, 6) is 0.508. The minimum absolute atomic E-state index is 0.256. The average molecular weight is 225 g/mol. The molecule has 0 amide bonds. The molecule has 2 aromatic rings. The molecule has 0 heterocycles. The van der Waals surface area contributed by atoms with E-state index in [2.05, 4.69) is 70.2 Å². The van der Waals surface area contributed by atoms with E-state index < -0.39 is 0 Å². The smallest absolute Gasteiger partial charge is 0.0107 e. The molecule has 0 heteroatoms. The highest BCUT2D eigenvalue weighted by atomic mass is 14.3. The first-order chi connectivity index (χ1) is 8.04. The van der Waals surface area contributed by atoms with Gasteiger partial charge in [0.05, 0.1) is 0 Å². The standard InChI is InChI=1S/C17H21/c1-5-16(17(2,3)4)15-12-8-10-13-9-6-7-11-14(13)15/h6-12,16H,1,5H2,2-4H3. The molecule has 0 aliphatic carbocycles. The van der Waals surface area contributed by atoms with Crippen LogP contribution in [-0.2, 0) is 0 Å². The predicted molar refractivity (Wildman–Crippen MR) is 76.1 cm³/mol. The fourth-order valence-corrected chi connectivity index (χ4v) is 2.61. The maximum absolute atomic E-state index is 4.14. The number of hydrogen-bond donors (Lipinski definition) is 0. The highest BCUT2D eigenvalue weighted by Gasteiger charge is 2.25.